The van der Waals surface area contributed by atoms with Gasteiger partial charge in [0.1, 0.15) is 5.75 Å². The summed E-state index contributed by atoms with van der Waals surface area (Å²) >= 11 is 0. The summed E-state index contributed by atoms with van der Waals surface area (Å²) in [6.07, 6.45) is 2.36. The van der Waals surface area contributed by atoms with Crippen LogP contribution >= 0.6 is 0 Å². The molecule has 0 fully saturated rings. The Morgan fingerprint density at radius 1 is 0.969 bits per heavy atom. The van der Waals surface area contributed by atoms with Gasteiger partial charge in [0, 0.05) is 18.6 Å². The Labute approximate surface area is 186 Å². The summed E-state index contributed by atoms with van der Waals surface area (Å²) in [5.74, 6) is 2.13. The Morgan fingerprint density at radius 3 is 2.38 bits per heavy atom. The van der Waals surface area contributed by atoms with E-state index in [1.54, 1.807) is 25.5 Å². The first kappa shape index (κ1) is 22.6. The average Bonchev–Trinajstić information content (AvgIpc) is 2.81. The number of methoxy groups -OCH3 is 1. The number of hydrogen-bond donors (Lipinski definition) is 1. The molecule has 32 heavy (non-hydrogen) atoms. The van der Waals surface area contributed by atoms with Gasteiger partial charge in [0.25, 0.3) is 5.69 Å². The second kappa shape index (κ2) is 11.4. The lowest BCUT2D eigenvalue weighted by molar-refractivity contribution is -0.384. The number of hydrogen-bond acceptors (Lipinski definition) is 7. The van der Waals surface area contributed by atoms with Gasteiger partial charge >= 0.3 is 0 Å². The van der Waals surface area contributed by atoms with Gasteiger partial charge in [-0.2, -0.15) is 5.10 Å². The third kappa shape index (κ3) is 6.46. The second-order valence-electron chi connectivity index (χ2n) is 6.90. The molecular weight excluding hydrogens is 410 g/mol. The Bertz CT molecular complexity index is 1070. The standard InChI is InChI=1S/C24H25N3O5/c1-18-6-3-4-7-22(18)31-14-5-15-32-23-13-8-19(16-24(23)30-2)17-25-26-20-9-11-21(12-10-20)27(28)29/h3-4,6-13,16-17,26H,5,14-15H2,1-2H3/b25-17-. The first-order valence-electron chi connectivity index (χ1n) is 10.1. The van der Waals surface area contributed by atoms with E-state index in [0.29, 0.717) is 30.4 Å². The number of nitrogens with zero attached hydrogens (tertiary/aromatic N) is 2. The van der Waals surface area contributed by atoms with Crippen LogP contribution in [0.2, 0.25) is 0 Å². The fourth-order valence-electron chi connectivity index (χ4n) is 2.86. The van der Waals surface area contributed by atoms with Crippen molar-refractivity contribution in [3.63, 3.8) is 0 Å². The summed E-state index contributed by atoms with van der Waals surface area (Å²) in [5.41, 5.74) is 5.43. The Kier molecular flexibility index (Phi) is 8.02. The van der Waals surface area contributed by atoms with Crippen LogP contribution in [0, 0.1) is 17.0 Å². The van der Waals surface area contributed by atoms with Crippen LogP contribution < -0.4 is 19.6 Å². The minimum Gasteiger partial charge on any atom is -0.493 e. The van der Waals surface area contributed by atoms with Crippen LogP contribution in [0.25, 0.3) is 0 Å². The number of nitrogens with one attached hydrogen (secondary N) is 1. The molecule has 0 aliphatic rings. The molecule has 0 spiro atoms. The van der Waals surface area contributed by atoms with Gasteiger partial charge in [-0.3, -0.25) is 15.5 Å². The molecule has 0 aliphatic heterocycles. The zero-order chi connectivity index (χ0) is 22.8. The minimum absolute atomic E-state index is 0.0293. The number of benzene rings is 3. The van der Waals surface area contributed by atoms with E-state index in [-0.39, 0.29) is 5.69 Å². The van der Waals surface area contributed by atoms with Crippen molar-refractivity contribution in [1.29, 1.82) is 0 Å². The molecule has 3 aromatic carbocycles. The molecule has 3 aromatic rings. The fraction of sp³-hybridized carbons (Fsp3) is 0.208. The molecule has 0 aromatic heterocycles. The molecule has 3 rings (SSSR count). The largest absolute Gasteiger partial charge is 0.493 e. The number of aryl methyl sites for hydroxylation is 1. The van der Waals surface area contributed by atoms with Gasteiger partial charge in [0.05, 0.1) is 37.1 Å². The highest BCUT2D eigenvalue weighted by atomic mass is 16.6. The van der Waals surface area contributed by atoms with Crippen LogP contribution in [0.1, 0.15) is 17.5 Å². The fourth-order valence-corrected chi connectivity index (χ4v) is 2.86. The molecule has 0 saturated heterocycles. The summed E-state index contributed by atoms with van der Waals surface area (Å²) < 4.78 is 17.0. The first-order valence-corrected chi connectivity index (χ1v) is 10.1. The maximum Gasteiger partial charge on any atom is 0.269 e. The van der Waals surface area contributed by atoms with Crippen molar-refractivity contribution in [2.24, 2.45) is 5.10 Å². The summed E-state index contributed by atoms with van der Waals surface area (Å²) in [6, 6.07) is 19.4. The third-order valence-corrected chi connectivity index (χ3v) is 4.57. The summed E-state index contributed by atoms with van der Waals surface area (Å²) in [4.78, 5) is 10.3. The van der Waals surface area contributed by atoms with Gasteiger partial charge in [-0.1, -0.05) is 18.2 Å². The van der Waals surface area contributed by atoms with Gasteiger partial charge < -0.3 is 14.2 Å². The predicted molar refractivity (Wildman–Crippen MR) is 124 cm³/mol. The van der Waals surface area contributed by atoms with Crippen molar-refractivity contribution in [3.05, 3.63) is 88.0 Å². The molecule has 0 atom stereocenters. The van der Waals surface area contributed by atoms with Crippen LogP contribution in [0.5, 0.6) is 17.2 Å². The SMILES string of the molecule is COc1cc(/C=N\Nc2ccc([N+](=O)[O-])cc2)ccc1OCCCOc1ccccc1C. The zero-order valence-electron chi connectivity index (χ0n) is 18.0. The van der Waals surface area contributed by atoms with E-state index < -0.39 is 4.92 Å². The third-order valence-electron chi connectivity index (χ3n) is 4.57. The molecule has 0 unspecified atom stereocenters. The van der Waals surface area contributed by atoms with E-state index in [4.69, 9.17) is 14.2 Å². The predicted octanol–water partition coefficient (Wildman–Crippen LogP) is 5.21. The number of ether oxygens (including phenoxy) is 3. The Balaban J connectivity index is 1.48. The topological polar surface area (TPSA) is 95.2 Å². The van der Waals surface area contributed by atoms with E-state index in [9.17, 15) is 10.1 Å². The molecule has 1 N–H and O–H groups in total. The van der Waals surface area contributed by atoms with Crippen molar-refractivity contribution in [3.8, 4) is 17.2 Å². The van der Waals surface area contributed by atoms with Gasteiger partial charge in [-0.25, -0.2) is 0 Å². The number of nitro benzene ring substituents is 1. The monoisotopic (exact) mass is 435 g/mol. The smallest absolute Gasteiger partial charge is 0.269 e. The van der Waals surface area contributed by atoms with Crippen LogP contribution in [-0.2, 0) is 0 Å². The summed E-state index contributed by atoms with van der Waals surface area (Å²) in [6.45, 7) is 3.08. The van der Waals surface area contributed by atoms with Crippen molar-refractivity contribution in [2.45, 2.75) is 13.3 Å². The molecule has 0 radical (unpaired) electrons. The quantitative estimate of drug-likeness (QED) is 0.192. The lowest BCUT2D eigenvalue weighted by Gasteiger charge is -2.12. The Morgan fingerprint density at radius 2 is 1.69 bits per heavy atom. The van der Waals surface area contributed by atoms with Crippen LogP contribution in [0.15, 0.2) is 71.8 Å². The zero-order valence-corrected chi connectivity index (χ0v) is 18.0. The molecule has 0 amide bonds. The lowest BCUT2D eigenvalue weighted by Crippen LogP contribution is -2.06. The molecule has 8 nitrogen and oxygen atoms in total. The molecule has 8 heteroatoms. The van der Waals surface area contributed by atoms with E-state index in [1.807, 2.05) is 49.4 Å². The van der Waals surface area contributed by atoms with Crippen LogP contribution in [0.3, 0.4) is 0 Å². The number of hydrazone groups is 1. The molecule has 0 bridgehead atoms. The normalized spacial score (nSPS) is 10.7. The molecular formula is C24H25N3O5. The maximum atomic E-state index is 10.7. The lowest BCUT2D eigenvalue weighted by atomic mass is 10.2. The van der Waals surface area contributed by atoms with Gasteiger partial charge in [0.15, 0.2) is 11.5 Å². The number of para-hydroxylation sites is 1. The summed E-state index contributed by atoms with van der Waals surface area (Å²) in [7, 11) is 1.58. The highest BCUT2D eigenvalue weighted by Gasteiger charge is 2.06. The molecule has 166 valence electrons. The van der Waals surface area contributed by atoms with Gasteiger partial charge in [-0.15, -0.1) is 0 Å². The van der Waals surface area contributed by atoms with E-state index in [1.165, 1.54) is 12.1 Å². The maximum absolute atomic E-state index is 10.7. The highest BCUT2D eigenvalue weighted by Crippen LogP contribution is 2.28. The van der Waals surface area contributed by atoms with Gasteiger partial charge in [0.2, 0.25) is 0 Å². The van der Waals surface area contributed by atoms with Crippen molar-refractivity contribution < 1.29 is 19.1 Å². The van der Waals surface area contributed by atoms with E-state index >= 15 is 0 Å². The number of rotatable bonds is 11. The van der Waals surface area contributed by atoms with E-state index in [2.05, 4.69) is 10.5 Å². The number of non-ortho nitro benzene ring substituents is 1. The van der Waals surface area contributed by atoms with Crippen molar-refractivity contribution >= 4 is 17.6 Å². The van der Waals surface area contributed by atoms with Crippen molar-refractivity contribution in [2.75, 3.05) is 25.7 Å². The van der Waals surface area contributed by atoms with Crippen LogP contribution in [0.4, 0.5) is 11.4 Å². The molecule has 0 saturated carbocycles. The van der Waals surface area contributed by atoms with E-state index in [0.717, 1.165) is 23.3 Å². The van der Waals surface area contributed by atoms with Crippen LogP contribution in [-0.4, -0.2) is 31.5 Å². The molecule has 0 heterocycles. The minimum atomic E-state index is -0.444. The Hall–Kier alpha value is -4.07. The summed E-state index contributed by atoms with van der Waals surface area (Å²) in [5, 5.41) is 14.9. The van der Waals surface area contributed by atoms with Crippen molar-refractivity contribution in [1.82, 2.24) is 0 Å². The number of anilines is 1. The van der Waals surface area contributed by atoms with Gasteiger partial charge in [-0.05, 0) is 54.4 Å². The molecule has 0 aliphatic carbocycles. The average molecular weight is 435 g/mol. The highest BCUT2D eigenvalue weighted by molar-refractivity contribution is 5.81. The second-order valence-corrected chi connectivity index (χ2v) is 6.90. The first-order chi connectivity index (χ1) is 15.6. The number of nitro groups is 1.